The highest BCUT2D eigenvalue weighted by Gasteiger charge is 2.51. The predicted molar refractivity (Wildman–Crippen MR) is 217 cm³/mol. The van der Waals surface area contributed by atoms with Crippen LogP contribution in [-0.2, 0) is 0 Å². The van der Waals surface area contributed by atoms with Gasteiger partial charge in [-0.2, -0.15) is 0 Å². The second-order valence-electron chi connectivity index (χ2n) is 13.3. The molecule has 0 saturated heterocycles. The molecule has 11 rings (SSSR count). The fourth-order valence-corrected chi connectivity index (χ4v) is 15.1. The molecule has 1 aliphatic rings. The van der Waals surface area contributed by atoms with Gasteiger partial charge in [-0.3, -0.25) is 4.57 Å². The zero-order valence-electron chi connectivity index (χ0n) is 27.5. The summed E-state index contributed by atoms with van der Waals surface area (Å²) in [5.41, 5.74) is 6.60. The predicted octanol–water partition coefficient (Wildman–Crippen LogP) is 8.97. The molecule has 0 spiro atoms. The Morgan fingerprint density at radius 1 is 0.471 bits per heavy atom. The van der Waals surface area contributed by atoms with Crippen molar-refractivity contribution < 1.29 is 0 Å². The van der Waals surface area contributed by atoms with Gasteiger partial charge in [-0.25, -0.2) is 9.97 Å². The van der Waals surface area contributed by atoms with Crippen molar-refractivity contribution in [3.8, 4) is 28.5 Å². The van der Waals surface area contributed by atoms with Crippen LogP contribution in [0.2, 0.25) is 0 Å². The van der Waals surface area contributed by atoms with Crippen LogP contribution in [0.25, 0.3) is 70.4 Å². The fourth-order valence-electron chi connectivity index (χ4n) is 8.64. The van der Waals surface area contributed by atoms with E-state index in [1.54, 1.807) is 0 Å². The zero-order valence-corrected chi connectivity index (χ0v) is 29.3. The number of thiophene rings is 1. The van der Waals surface area contributed by atoms with E-state index in [1.165, 1.54) is 57.3 Å². The van der Waals surface area contributed by atoms with Crippen LogP contribution in [0.5, 0.6) is 0 Å². The largest absolute Gasteiger partial charge is 0.276 e. The van der Waals surface area contributed by atoms with E-state index in [0.29, 0.717) is 5.95 Å². The number of hydrogen-bond acceptors (Lipinski definition) is 3. The van der Waals surface area contributed by atoms with Gasteiger partial charge >= 0.3 is 0 Å². The minimum absolute atomic E-state index is 0.699. The van der Waals surface area contributed by atoms with E-state index in [0.717, 1.165) is 28.0 Å². The maximum Gasteiger partial charge on any atom is 0.235 e. The van der Waals surface area contributed by atoms with Crippen molar-refractivity contribution in [2.24, 2.45) is 0 Å². The SMILES string of the molecule is c1ccc(-c2nc(-n3c4ccccc4c4ccc5c6ccccc6sc5c43)nc3c2[Si](c2ccccc2)(c2ccccc2)c2ccccc2-3)cc1. The monoisotopic (exact) mass is 683 g/mol. The minimum atomic E-state index is -2.87. The highest BCUT2D eigenvalue weighted by molar-refractivity contribution is 7.26. The molecular formula is C46H29N3SSi. The number of rotatable bonds is 4. The highest BCUT2D eigenvalue weighted by atomic mass is 32.1. The van der Waals surface area contributed by atoms with E-state index in [1.807, 2.05) is 11.3 Å². The molecule has 5 heteroatoms. The molecule has 0 radical (unpaired) electrons. The van der Waals surface area contributed by atoms with Crippen LogP contribution in [0.1, 0.15) is 0 Å². The van der Waals surface area contributed by atoms with Gasteiger partial charge in [0.05, 0.1) is 27.1 Å². The molecule has 0 fully saturated rings. The maximum atomic E-state index is 5.74. The lowest BCUT2D eigenvalue weighted by Crippen LogP contribution is -2.73. The molecule has 0 atom stereocenters. The molecule has 238 valence electrons. The molecule has 0 amide bonds. The van der Waals surface area contributed by atoms with Crippen molar-refractivity contribution in [3.05, 3.63) is 176 Å². The Morgan fingerprint density at radius 3 is 1.82 bits per heavy atom. The van der Waals surface area contributed by atoms with Crippen molar-refractivity contribution in [2.45, 2.75) is 0 Å². The molecule has 10 aromatic rings. The smallest absolute Gasteiger partial charge is 0.235 e. The van der Waals surface area contributed by atoms with E-state index in [2.05, 4.69) is 180 Å². The quantitative estimate of drug-likeness (QED) is 0.174. The Bertz CT molecular complexity index is 2930. The molecular weight excluding hydrogens is 655 g/mol. The Balaban J connectivity index is 1.34. The van der Waals surface area contributed by atoms with E-state index in [9.17, 15) is 0 Å². The third-order valence-corrected chi connectivity index (χ3v) is 16.8. The first-order chi connectivity index (χ1) is 25.3. The topological polar surface area (TPSA) is 30.7 Å². The lowest BCUT2D eigenvalue weighted by molar-refractivity contribution is 1.00. The number of aromatic nitrogens is 3. The molecule has 0 unspecified atom stereocenters. The second kappa shape index (κ2) is 10.9. The summed E-state index contributed by atoms with van der Waals surface area (Å²) in [4.78, 5) is 11.5. The summed E-state index contributed by atoms with van der Waals surface area (Å²) in [5, 5.41) is 10.2. The zero-order chi connectivity index (χ0) is 33.5. The first-order valence-electron chi connectivity index (χ1n) is 17.3. The van der Waals surface area contributed by atoms with E-state index >= 15 is 0 Å². The summed E-state index contributed by atoms with van der Waals surface area (Å²) in [5.74, 6) is 0.699. The van der Waals surface area contributed by atoms with Crippen LogP contribution in [-0.4, -0.2) is 22.6 Å². The molecule has 3 aromatic heterocycles. The number of nitrogens with zero attached hydrogens (tertiary/aromatic N) is 3. The minimum Gasteiger partial charge on any atom is -0.276 e. The van der Waals surface area contributed by atoms with Gasteiger partial charge in [-0.15, -0.1) is 11.3 Å². The third kappa shape index (κ3) is 3.93. The van der Waals surface area contributed by atoms with Gasteiger partial charge in [0.25, 0.3) is 0 Å². The van der Waals surface area contributed by atoms with Crippen LogP contribution in [0, 0.1) is 0 Å². The van der Waals surface area contributed by atoms with Crippen molar-refractivity contribution >= 4 is 82.1 Å². The average molecular weight is 684 g/mol. The molecule has 4 heterocycles. The van der Waals surface area contributed by atoms with Crippen molar-refractivity contribution in [2.75, 3.05) is 0 Å². The first-order valence-corrected chi connectivity index (χ1v) is 20.2. The van der Waals surface area contributed by atoms with Crippen LogP contribution in [0.4, 0.5) is 0 Å². The Morgan fingerprint density at radius 2 is 1.06 bits per heavy atom. The molecule has 7 aromatic carbocycles. The molecule has 0 saturated carbocycles. The van der Waals surface area contributed by atoms with Gasteiger partial charge in [0.1, 0.15) is 0 Å². The third-order valence-electron chi connectivity index (χ3n) is 10.7. The number of para-hydroxylation sites is 1. The molecule has 0 bridgehead atoms. The van der Waals surface area contributed by atoms with E-state index in [-0.39, 0.29) is 0 Å². The fraction of sp³-hybridized carbons (Fsp3) is 0. The Kier molecular flexibility index (Phi) is 6.14. The van der Waals surface area contributed by atoms with E-state index < -0.39 is 8.07 Å². The number of benzene rings is 7. The van der Waals surface area contributed by atoms with Gasteiger partial charge in [-0.05, 0) is 27.7 Å². The normalized spacial score (nSPS) is 13.3. The molecule has 1 aliphatic heterocycles. The van der Waals surface area contributed by atoms with Crippen molar-refractivity contribution in [1.29, 1.82) is 0 Å². The summed E-state index contributed by atoms with van der Waals surface area (Å²) < 4.78 is 4.88. The lowest BCUT2D eigenvalue weighted by Gasteiger charge is -2.32. The van der Waals surface area contributed by atoms with Crippen LogP contribution >= 0.6 is 11.3 Å². The maximum absolute atomic E-state index is 5.74. The van der Waals surface area contributed by atoms with Gasteiger partial charge in [0.2, 0.25) is 5.95 Å². The first kappa shape index (κ1) is 28.7. The van der Waals surface area contributed by atoms with E-state index in [4.69, 9.17) is 9.97 Å². The van der Waals surface area contributed by atoms with Crippen LogP contribution < -0.4 is 20.7 Å². The second-order valence-corrected chi connectivity index (χ2v) is 18.0. The Labute approximate surface area is 299 Å². The summed E-state index contributed by atoms with van der Waals surface area (Å²) in [7, 11) is -2.87. The summed E-state index contributed by atoms with van der Waals surface area (Å²) in [6.45, 7) is 0. The van der Waals surface area contributed by atoms with Gasteiger partial charge < -0.3 is 0 Å². The lowest BCUT2D eigenvalue weighted by atomic mass is 10.1. The molecule has 0 N–H and O–H groups in total. The standard InChI is InChI=1S/C46H29N3SSi/c1-4-16-30(17-5-1)41-45-42(37-24-12-15-27-40(37)51(45,31-18-6-2-7-19-31)32-20-8-3-9-21-32)48-46(47-41)49-38-25-13-10-22-33(38)35-28-29-36-34-23-11-14-26-39(34)50-44(36)43(35)49/h1-29H. The number of fused-ring (bicyclic) bond motifs is 10. The number of hydrogen-bond donors (Lipinski definition) is 0. The van der Waals surface area contributed by atoms with Gasteiger partial charge in [-0.1, -0.05) is 164 Å². The summed E-state index contributed by atoms with van der Waals surface area (Å²) in [6.07, 6.45) is 0. The molecule has 51 heavy (non-hydrogen) atoms. The van der Waals surface area contributed by atoms with Crippen molar-refractivity contribution in [1.82, 2.24) is 14.5 Å². The summed E-state index contributed by atoms with van der Waals surface area (Å²) >= 11 is 1.85. The van der Waals surface area contributed by atoms with Crippen LogP contribution in [0.15, 0.2) is 176 Å². The van der Waals surface area contributed by atoms with Gasteiger partial charge in [0, 0.05) is 42.6 Å². The molecule has 3 nitrogen and oxygen atoms in total. The van der Waals surface area contributed by atoms with Gasteiger partial charge in [0.15, 0.2) is 8.07 Å². The average Bonchev–Trinajstić information content (AvgIpc) is 3.85. The highest BCUT2D eigenvalue weighted by Crippen LogP contribution is 2.43. The van der Waals surface area contributed by atoms with Crippen molar-refractivity contribution in [3.63, 3.8) is 0 Å². The summed E-state index contributed by atoms with van der Waals surface area (Å²) in [6, 6.07) is 64.0. The Hall–Kier alpha value is -6.14. The molecule has 0 aliphatic carbocycles. The van der Waals surface area contributed by atoms with Crippen LogP contribution in [0.3, 0.4) is 0 Å².